The number of fused-ring (bicyclic) bond motifs is 10. The molecule has 0 bridgehead atoms. The molecule has 0 radical (unpaired) electrons. The summed E-state index contributed by atoms with van der Waals surface area (Å²) in [7, 11) is 4.06. The summed E-state index contributed by atoms with van der Waals surface area (Å²) in [4.78, 5) is 67.2. The number of benzene rings is 2. The molecule has 0 saturated heterocycles. The highest BCUT2D eigenvalue weighted by molar-refractivity contribution is 5.82. The fourth-order valence-corrected chi connectivity index (χ4v) is 11.5. The molecule has 21 heteroatoms. The fraction of sp³-hybridized carbons (Fsp3) is 0.321. The number of hydrogen-bond donors (Lipinski definition) is 0. The molecule has 0 N–H and O–H groups in total. The van der Waals surface area contributed by atoms with E-state index in [0.29, 0.717) is 0 Å². The lowest BCUT2D eigenvalue weighted by Crippen LogP contribution is -1.89. The molecule has 0 aliphatic heterocycles. The van der Waals surface area contributed by atoms with E-state index in [1.54, 1.807) is 43.4 Å². The molecule has 0 amide bonds. The van der Waals surface area contributed by atoms with Gasteiger partial charge in [-0.1, -0.05) is 175 Å². The first-order valence-electron chi connectivity index (χ1n) is 45.9. The zero-order valence-corrected chi connectivity index (χ0v) is 84.8. The number of aromatic nitrogens is 21. The van der Waals surface area contributed by atoms with Gasteiger partial charge >= 0.3 is 0 Å². The first-order valence-corrected chi connectivity index (χ1v) is 45.9. The molecule has 690 valence electrons. The van der Waals surface area contributed by atoms with Gasteiger partial charge in [-0.25, -0.2) is 39.9 Å². The third kappa shape index (κ3) is 36.1. The van der Waals surface area contributed by atoms with Crippen LogP contribution in [0.1, 0.15) is 212 Å². The Balaban J connectivity index is 0.000000706. The van der Waals surface area contributed by atoms with E-state index in [1.807, 2.05) is 422 Å². The second-order valence-electron chi connectivity index (χ2n) is 26.2. The van der Waals surface area contributed by atoms with E-state index in [9.17, 15) is 0 Å². The normalized spacial score (nSPS) is 9.35. The summed E-state index contributed by atoms with van der Waals surface area (Å²) in [6.07, 6.45) is 31.3. The maximum atomic E-state index is 4.38. The topological polar surface area (TPSA) is 229 Å². The molecule has 21 nitrogen and oxygen atoms in total. The van der Waals surface area contributed by atoms with E-state index in [-0.39, 0.29) is 0 Å². The number of hydrogen-bond acceptors (Lipinski definition) is 16. The summed E-state index contributed by atoms with van der Waals surface area (Å²) in [5.74, 6) is 2.90. The average molecular weight is 1750 g/mol. The number of rotatable bonds is 0. The van der Waals surface area contributed by atoms with Gasteiger partial charge in [0.2, 0.25) is 5.78 Å². The van der Waals surface area contributed by atoms with Gasteiger partial charge in [0.15, 0.2) is 5.65 Å². The Hall–Kier alpha value is -13.8. The lowest BCUT2D eigenvalue weighted by atomic mass is 10.2. The fourth-order valence-electron chi connectivity index (χ4n) is 11.5. The van der Waals surface area contributed by atoms with Crippen molar-refractivity contribution in [1.29, 1.82) is 0 Å². The SMILES string of the molecule is CC.CC.CC.CC.CC.CC.CC.CC.CC.CC.Cc1cc2ccncc2cn1.Cc1cnc2cccnc2c1.Cc1cnc2ccncc2c1.Cc1cnc2cnccc2c1.Cc1cnc2ncccc2c1.Cc1nc2ccccc2n1C.Cc1nc2ccccc2n1C.Cc1nc2ccccn2c1C.Cc1nc2ccccn2c1C.Cc1nc2ncccn2c1C. The van der Waals surface area contributed by atoms with Crippen LogP contribution < -0.4 is 0 Å². The van der Waals surface area contributed by atoms with Crippen molar-refractivity contribution < 1.29 is 0 Å². The van der Waals surface area contributed by atoms with Crippen LogP contribution in [-0.4, -0.2) is 102 Å². The summed E-state index contributed by atoms with van der Waals surface area (Å²) < 4.78 is 10.4. The van der Waals surface area contributed by atoms with Crippen molar-refractivity contribution in [1.82, 2.24) is 102 Å². The van der Waals surface area contributed by atoms with Crippen LogP contribution in [0.15, 0.2) is 269 Å². The van der Waals surface area contributed by atoms with E-state index < -0.39 is 0 Å². The zero-order valence-electron chi connectivity index (χ0n) is 84.8. The molecule has 20 rings (SSSR count). The van der Waals surface area contributed by atoms with Crippen LogP contribution in [0.2, 0.25) is 0 Å². The van der Waals surface area contributed by atoms with Crippen LogP contribution in [0.3, 0.4) is 0 Å². The van der Waals surface area contributed by atoms with Crippen molar-refractivity contribution in [3.05, 3.63) is 343 Å². The van der Waals surface area contributed by atoms with Crippen molar-refractivity contribution in [3.8, 4) is 0 Å². The minimum absolute atomic E-state index is 0.780. The zero-order chi connectivity index (χ0) is 97.6. The van der Waals surface area contributed by atoms with Crippen LogP contribution in [-0.2, 0) is 14.1 Å². The molecule has 0 unspecified atom stereocenters. The molecule has 20 aromatic rings. The lowest BCUT2D eigenvalue weighted by Gasteiger charge is -1.95. The van der Waals surface area contributed by atoms with E-state index in [1.165, 1.54) is 44.5 Å². The monoisotopic (exact) mass is 1750 g/mol. The molecule has 18 heterocycles. The first-order chi connectivity index (χ1) is 63.2. The standard InChI is InChI=1S/4C9H10N2.5C9H8N2.C8H9N3.10C2H6/c2*1-7-10-8-5-3-4-6-9(8)11(7)2;2*1-7-8(2)11-6-4-3-5-9(11)10-7;1-7-4-8-2-3-10-5-9(8)6-11-7;1-7-4-8-6-10-3-2-9(8)11-5-7;1-7-4-8-2-3-10-6-9(8)11-5-7;1-7-5-9-8(11-6-7)3-2-4-10-9;1-7-5-8-3-2-4-10-9(8)11-6-7;1-6-7(2)11-5-3-4-9-8(11)10-6;10*1-2/h4*3-6H,1-2H3;5*2-6H,1H3;3-5H,1-2H3;10*1-2H3. The van der Waals surface area contributed by atoms with E-state index in [2.05, 4.69) is 148 Å². The Morgan fingerprint density at radius 3 is 1.15 bits per heavy atom. The van der Waals surface area contributed by atoms with Crippen LogP contribution in [0, 0.1) is 90.0 Å². The van der Waals surface area contributed by atoms with Crippen LogP contribution >= 0.6 is 0 Å². The average Bonchev–Trinajstić information content (AvgIpc) is 1.74. The molecule has 0 saturated carbocycles. The maximum Gasteiger partial charge on any atom is 0.234 e. The third-order valence-corrected chi connectivity index (χ3v) is 18.0. The number of aryl methyl sites for hydroxylation is 15. The summed E-state index contributed by atoms with van der Waals surface area (Å²) in [6.45, 7) is 66.4. The molecule has 130 heavy (non-hydrogen) atoms. The first kappa shape index (κ1) is 114. The maximum absolute atomic E-state index is 4.38. The largest absolute Gasteiger partial charge is 0.331 e. The number of pyridine rings is 12. The van der Waals surface area contributed by atoms with E-state index in [0.717, 1.165) is 123 Å². The Labute approximate surface area is 776 Å². The lowest BCUT2D eigenvalue weighted by molar-refractivity contribution is 0.886. The van der Waals surface area contributed by atoms with Crippen molar-refractivity contribution in [2.24, 2.45) is 14.1 Å². The highest BCUT2D eigenvalue weighted by Gasteiger charge is 2.06. The molecular weight excluding hydrogens is 1600 g/mol. The Morgan fingerprint density at radius 1 is 0.231 bits per heavy atom. The van der Waals surface area contributed by atoms with Crippen LogP contribution in [0.4, 0.5) is 0 Å². The molecule has 2 aromatic carbocycles. The molecule has 18 aromatic heterocycles. The number of nitrogens with zero attached hydrogens (tertiary/aromatic N) is 21. The molecule has 0 atom stereocenters. The highest BCUT2D eigenvalue weighted by Crippen LogP contribution is 2.18. The van der Waals surface area contributed by atoms with Gasteiger partial charge in [0.1, 0.15) is 22.9 Å². The van der Waals surface area contributed by atoms with Crippen molar-refractivity contribution in [3.63, 3.8) is 0 Å². The Morgan fingerprint density at radius 2 is 0.631 bits per heavy atom. The van der Waals surface area contributed by atoms with Crippen LogP contribution in [0.25, 0.3) is 93.8 Å². The predicted molar refractivity (Wildman–Crippen MR) is 558 cm³/mol. The van der Waals surface area contributed by atoms with Gasteiger partial charge < -0.3 is 17.9 Å². The minimum atomic E-state index is 0.780. The van der Waals surface area contributed by atoms with Crippen molar-refractivity contribution in [2.45, 2.75) is 228 Å². The van der Waals surface area contributed by atoms with Gasteiger partial charge in [0.25, 0.3) is 0 Å². The molecule has 0 fully saturated rings. The summed E-state index contributed by atoms with van der Waals surface area (Å²) >= 11 is 0. The smallest absolute Gasteiger partial charge is 0.234 e. The molecule has 0 spiro atoms. The van der Waals surface area contributed by atoms with Gasteiger partial charge in [-0.3, -0.25) is 44.3 Å². The molecule has 0 aliphatic carbocycles. The Bertz CT molecular complexity index is 5530. The van der Waals surface area contributed by atoms with Crippen molar-refractivity contribution >= 4 is 93.8 Å². The quantitative estimate of drug-likeness (QED) is 0.137. The number of imidazole rings is 5. The summed E-state index contributed by atoms with van der Waals surface area (Å²) in [5.41, 5.74) is 23.9. The summed E-state index contributed by atoms with van der Waals surface area (Å²) in [6, 6.07) is 54.3. The van der Waals surface area contributed by atoms with Crippen LogP contribution in [0.5, 0.6) is 0 Å². The van der Waals surface area contributed by atoms with E-state index in [4.69, 9.17) is 0 Å². The van der Waals surface area contributed by atoms with Gasteiger partial charge in [-0.15, -0.1) is 0 Å². The number of para-hydroxylation sites is 4. The molecular formula is C109H149N21. The van der Waals surface area contributed by atoms with Gasteiger partial charge in [-0.2, -0.15) is 0 Å². The minimum Gasteiger partial charge on any atom is -0.331 e. The van der Waals surface area contributed by atoms with Crippen molar-refractivity contribution in [2.75, 3.05) is 0 Å². The van der Waals surface area contributed by atoms with Gasteiger partial charge in [-0.05, 0) is 245 Å². The Kier molecular flexibility index (Phi) is 57.7. The second-order valence-corrected chi connectivity index (χ2v) is 26.2. The second kappa shape index (κ2) is 65.7. The van der Waals surface area contributed by atoms with E-state index >= 15 is 0 Å². The van der Waals surface area contributed by atoms with Gasteiger partial charge in [0.05, 0.1) is 67.4 Å². The third-order valence-electron chi connectivity index (χ3n) is 18.0. The summed E-state index contributed by atoms with van der Waals surface area (Å²) in [5, 5.41) is 5.66. The molecule has 0 aliphatic rings. The predicted octanol–water partition coefficient (Wildman–Crippen LogP) is 29.0. The van der Waals surface area contributed by atoms with Gasteiger partial charge in [0, 0.05) is 158 Å². The highest BCUT2D eigenvalue weighted by atomic mass is 15.1.